The van der Waals surface area contributed by atoms with Crippen LogP contribution < -0.4 is 15.4 Å². The van der Waals surface area contributed by atoms with Crippen LogP contribution in [0.1, 0.15) is 16.7 Å². The van der Waals surface area contributed by atoms with Gasteiger partial charge >= 0.3 is 0 Å². The Morgan fingerprint density at radius 3 is 2.48 bits per heavy atom. The maximum Gasteiger partial charge on any atom is 0.269 e. The first-order valence-electron chi connectivity index (χ1n) is 9.89. The Labute approximate surface area is 182 Å². The van der Waals surface area contributed by atoms with Crippen molar-refractivity contribution in [3.8, 4) is 5.75 Å². The summed E-state index contributed by atoms with van der Waals surface area (Å²) in [5.74, 6) is 1.23. The molecule has 9 heteroatoms. The van der Waals surface area contributed by atoms with E-state index in [9.17, 15) is 14.9 Å². The summed E-state index contributed by atoms with van der Waals surface area (Å²) in [5, 5.41) is 17.1. The van der Waals surface area contributed by atoms with Crippen LogP contribution in [0.4, 0.5) is 5.69 Å². The van der Waals surface area contributed by atoms with Gasteiger partial charge in [0.1, 0.15) is 5.75 Å². The molecule has 1 amide bonds. The predicted molar refractivity (Wildman–Crippen MR) is 120 cm³/mol. The molecule has 2 aromatic carbocycles. The number of methoxy groups -OCH3 is 1. The normalized spacial score (nSPS) is 11.0. The number of nitro groups is 1. The molecule has 2 aromatic rings. The fraction of sp³-hybridized carbons (Fsp3) is 0.364. The molecule has 166 valence electrons. The van der Waals surface area contributed by atoms with Gasteiger partial charge in [0.15, 0.2) is 5.96 Å². The number of likely N-dealkylation sites (N-methyl/N-ethyl adjacent to an activating group) is 1. The lowest BCUT2D eigenvalue weighted by molar-refractivity contribution is -0.384. The standard InChI is InChI=1S/C22H29N5O4/c1-16-5-10-20(31-4)18(13-16)11-12-23-22(25-15-21(28)26(2)3)24-14-17-6-8-19(9-7-17)27(29)30/h5-10,13H,11-12,14-15H2,1-4H3,(H2,23,24,25). The van der Waals surface area contributed by atoms with Gasteiger partial charge in [-0.25, -0.2) is 4.99 Å². The number of non-ortho nitro benzene ring substituents is 1. The van der Waals surface area contributed by atoms with E-state index in [0.717, 1.165) is 22.4 Å². The van der Waals surface area contributed by atoms with Crippen LogP contribution in [0.25, 0.3) is 0 Å². The molecule has 0 spiro atoms. The van der Waals surface area contributed by atoms with E-state index in [0.29, 0.717) is 25.5 Å². The molecule has 0 fully saturated rings. The highest BCUT2D eigenvalue weighted by atomic mass is 16.6. The first-order valence-corrected chi connectivity index (χ1v) is 9.89. The van der Waals surface area contributed by atoms with E-state index in [4.69, 9.17) is 4.74 Å². The second-order valence-corrected chi connectivity index (χ2v) is 7.22. The van der Waals surface area contributed by atoms with Crippen LogP contribution in [-0.4, -0.2) is 56.0 Å². The zero-order valence-corrected chi connectivity index (χ0v) is 18.3. The molecule has 0 aliphatic rings. The predicted octanol–water partition coefficient (Wildman–Crippen LogP) is 2.28. The van der Waals surface area contributed by atoms with Crippen molar-refractivity contribution in [1.82, 2.24) is 15.5 Å². The molecule has 0 aliphatic heterocycles. The summed E-state index contributed by atoms with van der Waals surface area (Å²) in [4.78, 5) is 28.3. The smallest absolute Gasteiger partial charge is 0.269 e. The van der Waals surface area contributed by atoms with Crippen molar-refractivity contribution in [2.45, 2.75) is 19.9 Å². The first-order chi connectivity index (χ1) is 14.8. The van der Waals surface area contributed by atoms with Gasteiger partial charge in [0.25, 0.3) is 5.69 Å². The Morgan fingerprint density at radius 2 is 1.87 bits per heavy atom. The SMILES string of the molecule is COc1ccc(C)cc1CCNC(=NCc1ccc([N+](=O)[O-])cc1)NCC(=O)N(C)C. The maximum atomic E-state index is 11.9. The number of carbonyl (C=O) groups is 1. The number of guanidine groups is 1. The summed E-state index contributed by atoms with van der Waals surface area (Å²) in [6.45, 7) is 3.04. The quantitative estimate of drug-likeness (QED) is 0.275. The molecule has 0 heterocycles. The summed E-state index contributed by atoms with van der Waals surface area (Å²) in [6.07, 6.45) is 0.713. The van der Waals surface area contributed by atoms with Crippen molar-refractivity contribution < 1.29 is 14.5 Å². The highest BCUT2D eigenvalue weighted by Gasteiger charge is 2.08. The fourth-order valence-electron chi connectivity index (χ4n) is 2.80. The van der Waals surface area contributed by atoms with Crippen LogP contribution in [0.5, 0.6) is 5.75 Å². The minimum atomic E-state index is -0.436. The molecule has 0 radical (unpaired) electrons. The Kier molecular flexibility index (Phi) is 8.80. The number of nitro benzene ring substituents is 1. The molecule has 0 saturated carbocycles. The minimum Gasteiger partial charge on any atom is -0.496 e. The van der Waals surface area contributed by atoms with Gasteiger partial charge in [0, 0.05) is 32.8 Å². The van der Waals surface area contributed by atoms with E-state index in [-0.39, 0.29) is 18.1 Å². The molecule has 0 atom stereocenters. The summed E-state index contributed by atoms with van der Waals surface area (Å²) in [7, 11) is 5.03. The number of hydrogen-bond donors (Lipinski definition) is 2. The Balaban J connectivity index is 2.05. The van der Waals surface area contributed by atoms with Crippen molar-refractivity contribution in [1.29, 1.82) is 0 Å². The van der Waals surface area contributed by atoms with Crippen LogP contribution in [0.15, 0.2) is 47.5 Å². The molecule has 0 unspecified atom stereocenters. The first kappa shape index (κ1) is 23.7. The van der Waals surface area contributed by atoms with Crippen molar-refractivity contribution in [2.24, 2.45) is 4.99 Å². The van der Waals surface area contributed by atoms with E-state index in [1.807, 2.05) is 19.1 Å². The van der Waals surface area contributed by atoms with E-state index >= 15 is 0 Å². The fourth-order valence-corrected chi connectivity index (χ4v) is 2.80. The second-order valence-electron chi connectivity index (χ2n) is 7.22. The molecule has 9 nitrogen and oxygen atoms in total. The van der Waals surface area contributed by atoms with Crippen LogP contribution in [0.2, 0.25) is 0 Å². The number of nitrogens with zero attached hydrogens (tertiary/aromatic N) is 3. The summed E-state index contributed by atoms with van der Waals surface area (Å²) < 4.78 is 5.42. The van der Waals surface area contributed by atoms with Gasteiger partial charge in [-0.3, -0.25) is 14.9 Å². The van der Waals surface area contributed by atoms with E-state index in [1.54, 1.807) is 33.3 Å². The molecule has 0 aromatic heterocycles. The number of hydrogen-bond acceptors (Lipinski definition) is 5. The summed E-state index contributed by atoms with van der Waals surface area (Å²) in [6, 6.07) is 12.3. The third-order valence-electron chi connectivity index (χ3n) is 4.60. The zero-order valence-electron chi connectivity index (χ0n) is 18.3. The van der Waals surface area contributed by atoms with Crippen molar-refractivity contribution in [3.05, 3.63) is 69.3 Å². The summed E-state index contributed by atoms with van der Waals surface area (Å²) in [5.41, 5.74) is 3.09. The third kappa shape index (κ3) is 7.61. The van der Waals surface area contributed by atoms with Gasteiger partial charge in [-0.2, -0.15) is 0 Å². The average Bonchev–Trinajstić information content (AvgIpc) is 2.75. The van der Waals surface area contributed by atoms with Gasteiger partial charge in [0.05, 0.1) is 25.1 Å². The van der Waals surface area contributed by atoms with Crippen LogP contribution in [0, 0.1) is 17.0 Å². The summed E-state index contributed by atoms with van der Waals surface area (Å²) >= 11 is 0. The Hall–Kier alpha value is -3.62. The molecular formula is C22H29N5O4. The third-order valence-corrected chi connectivity index (χ3v) is 4.60. The number of nitrogens with one attached hydrogen (secondary N) is 2. The van der Waals surface area contributed by atoms with Gasteiger partial charge in [-0.05, 0) is 30.5 Å². The van der Waals surface area contributed by atoms with Crippen molar-refractivity contribution in [3.63, 3.8) is 0 Å². The second kappa shape index (κ2) is 11.5. The van der Waals surface area contributed by atoms with Crippen molar-refractivity contribution in [2.75, 3.05) is 34.3 Å². The number of rotatable bonds is 9. The lowest BCUT2D eigenvalue weighted by atomic mass is 10.1. The lowest BCUT2D eigenvalue weighted by Gasteiger charge is -2.16. The van der Waals surface area contributed by atoms with Gasteiger partial charge in [0.2, 0.25) is 5.91 Å². The topological polar surface area (TPSA) is 109 Å². The molecule has 31 heavy (non-hydrogen) atoms. The van der Waals surface area contributed by atoms with Gasteiger partial charge < -0.3 is 20.3 Å². The Morgan fingerprint density at radius 1 is 1.16 bits per heavy atom. The molecule has 0 saturated heterocycles. The minimum absolute atomic E-state index is 0.0351. The number of amides is 1. The van der Waals surface area contributed by atoms with Crippen molar-refractivity contribution >= 4 is 17.6 Å². The van der Waals surface area contributed by atoms with Crippen LogP contribution in [-0.2, 0) is 17.8 Å². The van der Waals surface area contributed by atoms with Gasteiger partial charge in [-0.1, -0.05) is 29.8 Å². The number of carbonyl (C=O) groups excluding carboxylic acids is 1. The average molecular weight is 428 g/mol. The zero-order chi connectivity index (χ0) is 22.8. The monoisotopic (exact) mass is 427 g/mol. The maximum absolute atomic E-state index is 11.9. The number of aliphatic imine (C=N–C) groups is 1. The molecule has 2 N–H and O–H groups in total. The molecule has 0 aliphatic carbocycles. The highest BCUT2D eigenvalue weighted by Crippen LogP contribution is 2.19. The van der Waals surface area contributed by atoms with Crippen LogP contribution >= 0.6 is 0 Å². The van der Waals surface area contributed by atoms with E-state index in [1.165, 1.54) is 17.0 Å². The Bertz CT molecular complexity index is 926. The largest absolute Gasteiger partial charge is 0.496 e. The highest BCUT2D eigenvalue weighted by molar-refractivity contribution is 5.86. The number of ether oxygens (including phenoxy) is 1. The number of aryl methyl sites for hydroxylation is 1. The van der Waals surface area contributed by atoms with Gasteiger partial charge in [-0.15, -0.1) is 0 Å². The lowest BCUT2D eigenvalue weighted by Crippen LogP contribution is -2.43. The molecule has 0 bridgehead atoms. The van der Waals surface area contributed by atoms with Crippen LogP contribution in [0.3, 0.4) is 0 Å². The van der Waals surface area contributed by atoms with E-state index in [2.05, 4.69) is 21.7 Å². The number of benzene rings is 2. The molecular weight excluding hydrogens is 398 g/mol. The van der Waals surface area contributed by atoms with E-state index < -0.39 is 4.92 Å². The molecule has 2 rings (SSSR count).